The Hall–Kier alpha value is -4.15. The monoisotopic (exact) mass is 477 g/mol. The Bertz CT molecular complexity index is 1390. The maximum absolute atomic E-state index is 13.3. The number of rotatable bonds is 4. The van der Waals surface area contributed by atoms with E-state index in [0.29, 0.717) is 5.56 Å². The highest BCUT2D eigenvalue weighted by molar-refractivity contribution is 6.09. The van der Waals surface area contributed by atoms with Crippen molar-refractivity contribution >= 4 is 23.2 Å². The van der Waals surface area contributed by atoms with Gasteiger partial charge in [-0.25, -0.2) is 4.98 Å². The normalized spacial score (nSPS) is 12.1. The van der Waals surface area contributed by atoms with Crippen LogP contribution in [0.4, 0.5) is 32.2 Å². The van der Waals surface area contributed by atoms with Gasteiger partial charge in [0.1, 0.15) is 5.65 Å². The molecule has 0 saturated carbocycles. The molecule has 4 rings (SSSR count). The van der Waals surface area contributed by atoms with Gasteiger partial charge in [0.2, 0.25) is 0 Å². The molecule has 174 valence electrons. The highest BCUT2D eigenvalue weighted by Crippen LogP contribution is 2.35. The number of halogens is 6. The first-order chi connectivity index (χ1) is 15.9. The van der Waals surface area contributed by atoms with E-state index in [0.717, 1.165) is 22.6 Å². The van der Waals surface area contributed by atoms with Crippen LogP contribution in [-0.4, -0.2) is 27.3 Å². The lowest BCUT2D eigenvalue weighted by atomic mass is 10.0. The van der Waals surface area contributed by atoms with E-state index in [1.54, 1.807) is 35.6 Å². The first kappa shape index (κ1) is 23.0. The Morgan fingerprint density at radius 3 is 2.18 bits per heavy atom. The Morgan fingerprint density at radius 2 is 1.53 bits per heavy atom. The molecule has 4 aromatic rings. The van der Waals surface area contributed by atoms with Crippen molar-refractivity contribution in [3.8, 4) is 11.3 Å². The number of hydrogen-bond donors (Lipinski definition) is 1. The highest BCUT2D eigenvalue weighted by Gasteiger charge is 2.40. The Balaban J connectivity index is 1.91. The van der Waals surface area contributed by atoms with Crippen molar-refractivity contribution in [1.82, 2.24) is 9.38 Å². The maximum Gasteiger partial charge on any atom is 0.471 e. The standard InChI is InChI=1S/C23H13F6N3O2/c24-22(25,26)16-8-4-7-14(11-16)18-20(31-21(34)23(27,28)29)30-17-10-9-15(12-32(17)18)19(33)13-5-2-1-3-6-13/h1-12H,(H,31,34). The average molecular weight is 477 g/mol. The molecule has 11 heteroatoms. The molecule has 0 atom stereocenters. The minimum atomic E-state index is -5.25. The molecule has 0 bridgehead atoms. The molecule has 0 saturated heterocycles. The molecule has 1 amide bonds. The molecule has 0 unspecified atom stereocenters. The van der Waals surface area contributed by atoms with E-state index in [4.69, 9.17) is 0 Å². The van der Waals surface area contributed by atoms with E-state index < -0.39 is 35.4 Å². The molecule has 2 heterocycles. The van der Waals surface area contributed by atoms with Crippen molar-refractivity contribution in [2.24, 2.45) is 0 Å². The molecule has 0 radical (unpaired) electrons. The fraction of sp³-hybridized carbons (Fsp3) is 0.0870. The number of hydrogen-bond acceptors (Lipinski definition) is 3. The molecule has 0 fully saturated rings. The Morgan fingerprint density at radius 1 is 0.824 bits per heavy atom. The third-order valence-electron chi connectivity index (χ3n) is 4.87. The van der Waals surface area contributed by atoms with Crippen molar-refractivity contribution in [1.29, 1.82) is 0 Å². The lowest BCUT2D eigenvalue weighted by Crippen LogP contribution is -2.30. The minimum absolute atomic E-state index is 0.00879. The van der Waals surface area contributed by atoms with Gasteiger partial charge in [0, 0.05) is 22.9 Å². The summed E-state index contributed by atoms with van der Waals surface area (Å²) in [5.41, 5.74) is -1.02. The number of amides is 1. The third kappa shape index (κ3) is 4.49. The van der Waals surface area contributed by atoms with Crippen LogP contribution in [0.1, 0.15) is 21.5 Å². The van der Waals surface area contributed by atoms with Crippen LogP contribution < -0.4 is 5.32 Å². The van der Waals surface area contributed by atoms with Crippen LogP contribution in [0.2, 0.25) is 0 Å². The number of anilines is 1. The van der Waals surface area contributed by atoms with Crippen molar-refractivity contribution in [3.05, 3.63) is 89.6 Å². The number of alkyl halides is 6. The summed E-state index contributed by atoms with van der Waals surface area (Å²) in [4.78, 5) is 28.3. The van der Waals surface area contributed by atoms with Crippen molar-refractivity contribution in [3.63, 3.8) is 0 Å². The number of aromatic nitrogens is 2. The van der Waals surface area contributed by atoms with Gasteiger partial charge in [-0.2, -0.15) is 26.3 Å². The number of pyridine rings is 1. The van der Waals surface area contributed by atoms with Crippen molar-refractivity contribution < 1.29 is 35.9 Å². The van der Waals surface area contributed by atoms with E-state index in [1.165, 1.54) is 24.4 Å². The topological polar surface area (TPSA) is 63.5 Å². The summed E-state index contributed by atoms with van der Waals surface area (Å²) < 4.78 is 79.5. The van der Waals surface area contributed by atoms with E-state index in [-0.39, 0.29) is 22.5 Å². The first-order valence-corrected chi connectivity index (χ1v) is 9.63. The number of benzene rings is 2. The van der Waals surface area contributed by atoms with Crippen molar-refractivity contribution in [2.45, 2.75) is 12.4 Å². The molecule has 0 aliphatic heterocycles. The van der Waals surface area contributed by atoms with Crippen LogP contribution >= 0.6 is 0 Å². The van der Waals surface area contributed by atoms with Gasteiger partial charge in [-0.3, -0.25) is 14.0 Å². The number of ketones is 1. The summed E-state index contributed by atoms with van der Waals surface area (Å²) in [5.74, 6) is -3.37. The SMILES string of the molecule is O=C(c1ccccc1)c1ccc2nc(NC(=O)C(F)(F)F)c(-c3cccc(C(F)(F)F)c3)n2c1. The fourth-order valence-corrected chi connectivity index (χ4v) is 3.32. The van der Waals surface area contributed by atoms with Crippen LogP contribution in [0.3, 0.4) is 0 Å². The summed E-state index contributed by atoms with van der Waals surface area (Å²) in [7, 11) is 0. The van der Waals surface area contributed by atoms with Gasteiger partial charge in [0.15, 0.2) is 11.6 Å². The van der Waals surface area contributed by atoms with Gasteiger partial charge in [0.25, 0.3) is 0 Å². The smallest absolute Gasteiger partial charge is 0.301 e. The molecule has 0 aliphatic rings. The summed E-state index contributed by atoms with van der Waals surface area (Å²) in [5, 5.41) is 1.61. The van der Waals surface area contributed by atoms with Gasteiger partial charge >= 0.3 is 18.3 Å². The van der Waals surface area contributed by atoms with Crippen molar-refractivity contribution in [2.75, 3.05) is 5.32 Å². The third-order valence-corrected chi connectivity index (χ3v) is 4.87. The van der Waals surface area contributed by atoms with E-state index >= 15 is 0 Å². The van der Waals surface area contributed by atoms with Gasteiger partial charge < -0.3 is 5.32 Å². The summed E-state index contributed by atoms with van der Waals surface area (Å²) >= 11 is 0. The number of imidazole rings is 1. The maximum atomic E-state index is 13.3. The molecule has 0 aliphatic carbocycles. The average Bonchev–Trinajstić information content (AvgIpc) is 3.15. The minimum Gasteiger partial charge on any atom is -0.301 e. The number of nitrogens with one attached hydrogen (secondary N) is 1. The Kier molecular flexibility index (Phi) is 5.64. The molecule has 2 aromatic carbocycles. The lowest BCUT2D eigenvalue weighted by Gasteiger charge is -2.12. The molecular weight excluding hydrogens is 464 g/mol. The van der Waals surface area contributed by atoms with Crippen LogP contribution in [0.25, 0.3) is 16.9 Å². The second-order valence-corrected chi connectivity index (χ2v) is 7.18. The number of nitrogens with zero attached hydrogens (tertiary/aromatic N) is 2. The van der Waals surface area contributed by atoms with Crippen LogP contribution in [0.5, 0.6) is 0 Å². The van der Waals surface area contributed by atoms with E-state index in [2.05, 4.69) is 4.98 Å². The number of fused-ring (bicyclic) bond motifs is 1. The van der Waals surface area contributed by atoms with Gasteiger partial charge in [-0.05, 0) is 24.3 Å². The molecular formula is C23H13F6N3O2. The van der Waals surface area contributed by atoms with Gasteiger partial charge in [0.05, 0.1) is 11.3 Å². The largest absolute Gasteiger partial charge is 0.471 e. The molecule has 2 aromatic heterocycles. The summed E-state index contributed by atoms with van der Waals surface area (Å²) in [6, 6.07) is 14.6. The lowest BCUT2D eigenvalue weighted by molar-refractivity contribution is -0.167. The van der Waals surface area contributed by atoms with Crippen LogP contribution in [0, 0.1) is 0 Å². The highest BCUT2D eigenvalue weighted by atomic mass is 19.4. The predicted molar refractivity (Wildman–Crippen MR) is 110 cm³/mol. The van der Waals surface area contributed by atoms with Gasteiger partial charge in [-0.1, -0.05) is 42.5 Å². The van der Waals surface area contributed by atoms with E-state index in [9.17, 15) is 35.9 Å². The summed E-state index contributed by atoms with van der Waals surface area (Å²) in [6.07, 6.45) is -8.73. The zero-order valence-corrected chi connectivity index (χ0v) is 16.9. The second-order valence-electron chi connectivity index (χ2n) is 7.18. The van der Waals surface area contributed by atoms with Crippen LogP contribution in [-0.2, 0) is 11.0 Å². The molecule has 1 N–H and O–H groups in total. The zero-order valence-electron chi connectivity index (χ0n) is 16.9. The van der Waals surface area contributed by atoms with Gasteiger partial charge in [-0.15, -0.1) is 0 Å². The van der Waals surface area contributed by atoms with E-state index in [1.807, 2.05) is 0 Å². The number of carbonyl (C=O) groups excluding carboxylic acids is 2. The zero-order chi connectivity index (χ0) is 24.7. The predicted octanol–water partition coefficient (Wildman–Crippen LogP) is 5.75. The Labute approximate surface area is 187 Å². The quantitative estimate of drug-likeness (QED) is 0.301. The second kappa shape index (κ2) is 8.32. The number of carbonyl (C=O) groups is 2. The molecule has 0 spiro atoms. The molecule has 5 nitrogen and oxygen atoms in total. The van der Waals surface area contributed by atoms with Crippen LogP contribution in [0.15, 0.2) is 72.9 Å². The first-order valence-electron chi connectivity index (χ1n) is 9.63. The molecule has 34 heavy (non-hydrogen) atoms. The summed E-state index contributed by atoms with van der Waals surface area (Å²) in [6.45, 7) is 0. The fourth-order valence-electron chi connectivity index (χ4n) is 3.32.